The zero-order chi connectivity index (χ0) is 19.6. The second-order valence-corrected chi connectivity index (χ2v) is 8.08. The van der Waals surface area contributed by atoms with Crippen molar-refractivity contribution in [3.8, 4) is 5.75 Å². The van der Waals surface area contributed by atoms with Crippen LogP contribution in [0.1, 0.15) is 12.8 Å². The molecular weight excluding hydrogens is 373 g/mol. The molecule has 0 bridgehead atoms. The molecule has 1 fully saturated rings. The Morgan fingerprint density at radius 1 is 1.26 bits per heavy atom. The first-order chi connectivity index (χ1) is 12.8. The summed E-state index contributed by atoms with van der Waals surface area (Å²) in [5.74, 6) is 0.217. The van der Waals surface area contributed by atoms with Crippen LogP contribution in [0.2, 0.25) is 0 Å². The molecule has 1 aliphatic rings. The summed E-state index contributed by atoms with van der Waals surface area (Å²) in [4.78, 5) is 12.3. The first kappa shape index (κ1) is 19.2. The van der Waals surface area contributed by atoms with Crippen molar-refractivity contribution in [3.05, 3.63) is 30.2 Å². The quantitative estimate of drug-likeness (QED) is 0.801. The van der Waals surface area contributed by atoms with Gasteiger partial charge in [0.1, 0.15) is 5.69 Å². The van der Waals surface area contributed by atoms with Crippen molar-refractivity contribution >= 4 is 27.5 Å². The number of sulfonamides is 1. The number of anilines is 3. The summed E-state index contributed by atoms with van der Waals surface area (Å²) in [6, 6.07) is 3.46. The van der Waals surface area contributed by atoms with Gasteiger partial charge < -0.3 is 14.5 Å². The van der Waals surface area contributed by atoms with Gasteiger partial charge in [0.2, 0.25) is 5.95 Å². The van der Waals surface area contributed by atoms with Gasteiger partial charge in [0, 0.05) is 27.2 Å². The summed E-state index contributed by atoms with van der Waals surface area (Å²) in [5, 5.41) is 0. The van der Waals surface area contributed by atoms with Gasteiger partial charge in [-0.2, -0.15) is 4.98 Å². The lowest BCUT2D eigenvalue weighted by Crippen LogP contribution is -2.24. The Labute approximate surface area is 158 Å². The van der Waals surface area contributed by atoms with Crippen LogP contribution in [-0.2, 0) is 10.0 Å². The number of nitrogens with one attached hydrogen (secondary N) is 1. The lowest BCUT2D eigenvalue weighted by atomic mass is 10.3. The SMILES string of the molecule is COc1ccc(S(=O)(=O)Nc2cnc(N3CCCC3)nc2N(C)C)cc1F. The van der Waals surface area contributed by atoms with Crippen molar-refractivity contribution in [2.45, 2.75) is 17.7 Å². The van der Waals surface area contributed by atoms with Gasteiger partial charge in [-0.3, -0.25) is 4.72 Å². The molecular formula is C17H22FN5O3S. The Balaban J connectivity index is 1.92. The molecule has 0 spiro atoms. The summed E-state index contributed by atoms with van der Waals surface area (Å²) in [6.07, 6.45) is 3.60. The molecule has 0 radical (unpaired) electrons. The fourth-order valence-corrected chi connectivity index (χ4v) is 3.92. The van der Waals surface area contributed by atoms with E-state index in [4.69, 9.17) is 4.74 Å². The zero-order valence-electron chi connectivity index (χ0n) is 15.4. The highest BCUT2D eigenvalue weighted by Gasteiger charge is 2.22. The van der Waals surface area contributed by atoms with Crippen LogP contribution in [0, 0.1) is 5.82 Å². The molecule has 1 N–H and O–H groups in total. The maximum absolute atomic E-state index is 13.9. The summed E-state index contributed by atoms with van der Waals surface area (Å²) >= 11 is 0. The van der Waals surface area contributed by atoms with Gasteiger partial charge in [-0.25, -0.2) is 17.8 Å². The van der Waals surface area contributed by atoms with E-state index < -0.39 is 15.8 Å². The molecule has 0 atom stereocenters. The van der Waals surface area contributed by atoms with E-state index in [9.17, 15) is 12.8 Å². The summed E-state index contributed by atoms with van der Waals surface area (Å²) < 4.78 is 46.5. The average molecular weight is 395 g/mol. The van der Waals surface area contributed by atoms with Crippen molar-refractivity contribution < 1.29 is 17.5 Å². The summed E-state index contributed by atoms with van der Waals surface area (Å²) in [7, 11) is 0.828. The van der Waals surface area contributed by atoms with Crippen molar-refractivity contribution in [1.29, 1.82) is 0 Å². The lowest BCUT2D eigenvalue weighted by Gasteiger charge is -2.21. The molecule has 2 aromatic rings. The Bertz CT molecular complexity index is 930. The first-order valence-corrected chi connectivity index (χ1v) is 9.96. The van der Waals surface area contributed by atoms with E-state index in [0.717, 1.165) is 32.0 Å². The topological polar surface area (TPSA) is 87.7 Å². The van der Waals surface area contributed by atoms with Crippen molar-refractivity contribution in [2.24, 2.45) is 0 Å². The smallest absolute Gasteiger partial charge is 0.262 e. The Morgan fingerprint density at radius 3 is 2.56 bits per heavy atom. The number of ether oxygens (including phenoxy) is 1. The second kappa shape index (κ2) is 7.55. The van der Waals surface area contributed by atoms with Gasteiger partial charge in [-0.15, -0.1) is 0 Å². The van der Waals surface area contributed by atoms with E-state index in [1.165, 1.54) is 25.4 Å². The number of benzene rings is 1. The van der Waals surface area contributed by atoms with Crippen molar-refractivity contribution in [2.75, 3.05) is 48.8 Å². The number of nitrogens with zero attached hydrogens (tertiary/aromatic N) is 4. The Morgan fingerprint density at radius 2 is 1.96 bits per heavy atom. The predicted molar refractivity (Wildman–Crippen MR) is 102 cm³/mol. The largest absolute Gasteiger partial charge is 0.494 e. The average Bonchev–Trinajstić information content (AvgIpc) is 3.16. The van der Waals surface area contributed by atoms with Gasteiger partial charge in [0.05, 0.1) is 18.2 Å². The highest BCUT2D eigenvalue weighted by molar-refractivity contribution is 7.92. The molecule has 10 heteroatoms. The van der Waals surface area contributed by atoms with Crippen LogP contribution in [0.5, 0.6) is 5.75 Å². The molecule has 1 aromatic carbocycles. The van der Waals surface area contributed by atoms with Crippen LogP contribution < -0.4 is 19.3 Å². The minimum absolute atomic E-state index is 0.0266. The molecule has 0 saturated carbocycles. The first-order valence-electron chi connectivity index (χ1n) is 8.47. The third kappa shape index (κ3) is 4.05. The Hall–Kier alpha value is -2.62. The van der Waals surface area contributed by atoms with E-state index in [1.807, 2.05) is 0 Å². The van der Waals surface area contributed by atoms with Gasteiger partial charge in [0.25, 0.3) is 10.0 Å². The minimum Gasteiger partial charge on any atom is -0.494 e. The van der Waals surface area contributed by atoms with Crippen LogP contribution in [0.15, 0.2) is 29.3 Å². The van der Waals surface area contributed by atoms with Gasteiger partial charge in [-0.05, 0) is 31.0 Å². The molecule has 0 unspecified atom stereocenters. The fourth-order valence-electron chi connectivity index (χ4n) is 2.86. The number of halogens is 1. The summed E-state index contributed by atoms with van der Waals surface area (Å²) in [5.41, 5.74) is 0.221. The number of hydrogen-bond donors (Lipinski definition) is 1. The maximum atomic E-state index is 13.9. The summed E-state index contributed by atoms with van der Waals surface area (Å²) in [6.45, 7) is 1.76. The molecule has 2 heterocycles. The normalized spacial score (nSPS) is 14.3. The van der Waals surface area contributed by atoms with Crippen molar-refractivity contribution in [1.82, 2.24) is 9.97 Å². The molecule has 0 amide bonds. The monoisotopic (exact) mass is 395 g/mol. The second-order valence-electron chi connectivity index (χ2n) is 6.40. The number of methoxy groups -OCH3 is 1. The van der Waals surface area contributed by atoms with Crippen LogP contribution in [0.25, 0.3) is 0 Å². The van der Waals surface area contributed by atoms with Crippen LogP contribution in [0.3, 0.4) is 0 Å². The van der Waals surface area contributed by atoms with Crippen LogP contribution >= 0.6 is 0 Å². The standard InChI is InChI=1S/C17H22FN5O3S/c1-22(2)16-14(11-19-17(20-16)23-8-4-5-9-23)21-27(24,25)12-6-7-15(26-3)13(18)10-12/h6-7,10-11,21H,4-5,8-9H2,1-3H3. The van der Waals surface area contributed by atoms with E-state index >= 15 is 0 Å². The molecule has 27 heavy (non-hydrogen) atoms. The highest BCUT2D eigenvalue weighted by Crippen LogP contribution is 2.28. The molecule has 0 aliphatic carbocycles. The Kier molecular flexibility index (Phi) is 5.36. The third-order valence-corrected chi connectivity index (χ3v) is 5.61. The highest BCUT2D eigenvalue weighted by atomic mass is 32.2. The minimum atomic E-state index is -4.01. The maximum Gasteiger partial charge on any atom is 0.262 e. The zero-order valence-corrected chi connectivity index (χ0v) is 16.3. The molecule has 1 aliphatic heterocycles. The molecule has 1 aromatic heterocycles. The van der Waals surface area contributed by atoms with Gasteiger partial charge in [-0.1, -0.05) is 0 Å². The number of hydrogen-bond acceptors (Lipinski definition) is 7. The van der Waals surface area contributed by atoms with E-state index in [1.54, 1.807) is 19.0 Å². The molecule has 3 rings (SSSR count). The molecule has 8 nitrogen and oxygen atoms in total. The van der Waals surface area contributed by atoms with Crippen LogP contribution in [-0.4, -0.2) is 52.7 Å². The van der Waals surface area contributed by atoms with E-state index in [0.29, 0.717) is 11.8 Å². The number of rotatable bonds is 6. The third-order valence-electron chi connectivity index (χ3n) is 4.25. The van der Waals surface area contributed by atoms with Gasteiger partial charge >= 0.3 is 0 Å². The van der Waals surface area contributed by atoms with Gasteiger partial charge in [0.15, 0.2) is 17.4 Å². The number of aromatic nitrogens is 2. The fraction of sp³-hybridized carbons (Fsp3) is 0.412. The lowest BCUT2D eigenvalue weighted by molar-refractivity contribution is 0.385. The molecule has 1 saturated heterocycles. The van der Waals surface area contributed by atoms with E-state index in [2.05, 4.69) is 19.6 Å². The van der Waals surface area contributed by atoms with E-state index in [-0.39, 0.29) is 16.3 Å². The van der Waals surface area contributed by atoms with Crippen LogP contribution in [0.4, 0.5) is 21.8 Å². The molecule has 146 valence electrons. The predicted octanol–water partition coefficient (Wildman–Crippen LogP) is 2.09. The van der Waals surface area contributed by atoms with Crippen molar-refractivity contribution in [3.63, 3.8) is 0 Å².